The number of nitrogens with one attached hydrogen (secondary N) is 1. The van der Waals surface area contributed by atoms with E-state index in [1.165, 1.54) is 63.4 Å². The number of nitrogens with zero attached hydrogens (tertiary/aromatic N) is 1. The maximum absolute atomic E-state index is 12.3. The summed E-state index contributed by atoms with van der Waals surface area (Å²) in [7, 11) is 0. The molecule has 27 heavy (non-hydrogen) atoms. The van der Waals surface area contributed by atoms with Gasteiger partial charge in [-0.1, -0.05) is 63.6 Å². The Balaban J connectivity index is 1.73. The summed E-state index contributed by atoms with van der Waals surface area (Å²) in [5.74, 6) is 0. The van der Waals surface area contributed by atoms with Gasteiger partial charge in [-0.15, -0.1) is 0 Å². The van der Waals surface area contributed by atoms with Crippen molar-refractivity contribution in [1.29, 1.82) is 0 Å². The van der Waals surface area contributed by atoms with Crippen LogP contribution in [0.2, 0.25) is 0 Å². The number of rotatable bonds is 11. The first-order chi connectivity index (χ1) is 13.2. The van der Waals surface area contributed by atoms with E-state index in [0.29, 0.717) is 0 Å². The Morgan fingerprint density at radius 1 is 1.07 bits per heavy atom. The van der Waals surface area contributed by atoms with E-state index in [4.69, 9.17) is 4.74 Å². The number of amides is 1. The number of anilines is 1. The summed E-state index contributed by atoms with van der Waals surface area (Å²) in [5, 5.41) is 2.96. The number of para-hydroxylation sites is 1. The third-order valence-corrected chi connectivity index (χ3v) is 5.33. The number of carbonyl (C=O) groups is 1. The lowest BCUT2D eigenvalue weighted by Crippen LogP contribution is -2.37. The van der Waals surface area contributed by atoms with E-state index in [1.54, 1.807) is 0 Å². The number of hydrogen-bond acceptors (Lipinski definition) is 3. The molecule has 1 heterocycles. The normalized spacial score (nSPS) is 16.1. The van der Waals surface area contributed by atoms with Crippen molar-refractivity contribution in [2.24, 2.45) is 0 Å². The molecule has 4 heteroatoms. The number of likely N-dealkylation sites (tertiary alicyclic amines) is 1. The monoisotopic (exact) mass is 374 g/mol. The Kier molecular flexibility index (Phi) is 10.3. The molecule has 1 amide bonds. The third kappa shape index (κ3) is 8.79. The number of hydrogen-bond donors (Lipinski definition) is 1. The summed E-state index contributed by atoms with van der Waals surface area (Å²) in [6, 6.07) is 8.10. The van der Waals surface area contributed by atoms with E-state index >= 15 is 0 Å². The van der Waals surface area contributed by atoms with Gasteiger partial charge in [0.25, 0.3) is 0 Å². The van der Waals surface area contributed by atoms with Crippen molar-refractivity contribution in [3.05, 3.63) is 29.8 Å². The first-order valence-electron chi connectivity index (χ1n) is 11.0. The Morgan fingerprint density at radius 3 is 2.56 bits per heavy atom. The molecule has 0 aromatic heterocycles. The molecule has 1 saturated heterocycles. The molecule has 2 rings (SSSR count). The molecule has 0 spiro atoms. The first kappa shape index (κ1) is 21.7. The van der Waals surface area contributed by atoms with E-state index in [-0.39, 0.29) is 12.2 Å². The smallest absolute Gasteiger partial charge is 0.411 e. The van der Waals surface area contributed by atoms with Gasteiger partial charge in [0.2, 0.25) is 0 Å². The second-order valence-electron chi connectivity index (χ2n) is 7.88. The van der Waals surface area contributed by atoms with Crippen molar-refractivity contribution in [1.82, 2.24) is 4.90 Å². The maximum atomic E-state index is 12.3. The van der Waals surface area contributed by atoms with Crippen molar-refractivity contribution in [3.8, 4) is 0 Å². The van der Waals surface area contributed by atoms with E-state index in [0.717, 1.165) is 31.7 Å². The van der Waals surface area contributed by atoms with Crippen molar-refractivity contribution in [2.75, 3.05) is 25.0 Å². The molecule has 152 valence electrons. The van der Waals surface area contributed by atoms with Gasteiger partial charge in [-0.05, 0) is 57.3 Å². The molecular formula is C23H38N2O2. The van der Waals surface area contributed by atoms with Crippen LogP contribution in [-0.4, -0.2) is 36.7 Å². The summed E-state index contributed by atoms with van der Waals surface area (Å²) >= 11 is 0. The highest BCUT2D eigenvalue weighted by atomic mass is 16.6. The predicted molar refractivity (Wildman–Crippen MR) is 113 cm³/mol. The average molecular weight is 375 g/mol. The highest BCUT2D eigenvalue weighted by Crippen LogP contribution is 2.19. The van der Waals surface area contributed by atoms with Crippen molar-refractivity contribution in [2.45, 2.75) is 84.2 Å². The van der Waals surface area contributed by atoms with Crippen molar-refractivity contribution >= 4 is 11.8 Å². The van der Waals surface area contributed by atoms with Gasteiger partial charge >= 0.3 is 6.09 Å². The van der Waals surface area contributed by atoms with Gasteiger partial charge in [-0.2, -0.15) is 0 Å². The number of ether oxygens (including phenoxy) is 1. The fourth-order valence-electron chi connectivity index (χ4n) is 3.82. The molecule has 1 fully saturated rings. The van der Waals surface area contributed by atoms with Crippen LogP contribution >= 0.6 is 0 Å². The zero-order valence-corrected chi connectivity index (χ0v) is 17.3. The minimum Gasteiger partial charge on any atom is -0.445 e. The van der Waals surface area contributed by atoms with E-state index in [2.05, 4.69) is 23.2 Å². The summed E-state index contributed by atoms with van der Waals surface area (Å²) < 4.78 is 5.59. The number of aryl methyl sites for hydroxylation is 1. The van der Waals surface area contributed by atoms with Crippen molar-refractivity contribution in [3.63, 3.8) is 0 Å². The zero-order chi connectivity index (χ0) is 19.3. The van der Waals surface area contributed by atoms with E-state index < -0.39 is 0 Å². The Hall–Kier alpha value is -1.55. The molecule has 1 aromatic carbocycles. The molecule has 1 atom stereocenters. The summed E-state index contributed by atoms with van der Waals surface area (Å²) in [4.78, 5) is 14.7. The molecule has 0 unspecified atom stereocenters. The van der Waals surface area contributed by atoms with Crippen LogP contribution in [0.15, 0.2) is 24.3 Å². The zero-order valence-electron chi connectivity index (χ0n) is 17.3. The maximum Gasteiger partial charge on any atom is 0.411 e. The average Bonchev–Trinajstić information content (AvgIpc) is 2.66. The van der Waals surface area contributed by atoms with Crippen LogP contribution in [-0.2, 0) is 11.2 Å². The predicted octanol–water partition coefficient (Wildman–Crippen LogP) is 6.01. The SMILES string of the molecule is CCCCCCCCc1ccccc1NC(=O)O[C@H](C)CN1CCCCC1. The number of unbranched alkanes of at least 4 members (excludes halogenated alkanes) is 5. The van der Waals surface area contributed by atoms with Crippen LogP contribution in [0.4, 0.5) is 10.5 Å². The molecule has 0 radical (unpaired) electrons. The van der Waals surface area contributed by atoms with Gasteiger partial charge < -0.3 is 4.74 Å². The van der Waals surface area contributed by atoms with Crippen LogP contribution in [0.1, 0.15) is 77.2 Å². The second kappa shape index (κ2) is 12.8. The first-order valence-corrected chi connectivity index (χ1v) is 11.0. The molecule has 1 aromatic rings. The molecule has 4 nitrogen and oxygen atoms in total. The molecule has 0 aliphatic carbocycles. The lowest BCUT2D eigenvalue weighted by Gasteiger charge is -2.28. The molecule has 0 bridgehead atoms. The van der Waals surface area contributed by atoms with Gasteiger partial charge in [0.05, 0.1) is 0 Å². The van der Waals surface area contributed by atoms with Crippen LogP contribution in [0.3, 0.4) is 0 Å². The minimum absolute atomic E-state index is 0.0890. The molecular weight excluding hydrogens is 336 g/mol. The second-order valence-corrected chi connectivity index (χ2v) is 7.88. The van der Waals surface area contributed by atoms with Crippen LogP contribution in [0, 0.1) is 0 Å². The topological polar surface area (TPSA) is 41.6 Å². The third-order valence-electron chi connectivity index (χ3n) is 5.33. The fourth-order valence-corrected chi connectivity index (χ4v) is 3.82. The Bertz CT molecular complexity index is 541. The lowest BCUT2D eigenvalue weighted by atomic mass is 10.0. The number of piperidine rings is 1. The summed E-state index contributed by atoms with van der Waals surface area (Å²) in [5.41, 5.74) is 2.09. The molecule has 1 aliphatic heterocycles. The standard InChI is InChI=1S/C23H38N2O2/c1-3-4-5-6-7-9-14-21-15-10-11-16-22(21)24-23(26)27-20(2)19-25-17-12-8-13-18-25/h10-11,15-16,20H,3-9,12-14,17-19H2,1-2H3,(H,24,26)/t20-/m1/s1. The van der Waals surface area contributed by atoms with Crippen LogP contribution < -0.4 is 5.32 Å². The Morgan fingerprint density at radius 2 is 1.78 bits per heavy atom. The minimum atomic E-state index is -0.338. The quantitative estimate of drug-likeness (QED) is 0.482. The lowest BCUT2D eigenvalue weighted by molar-refractivity contribution is 0.0833. The molecule has 1 aliphatic rings. The highest BCUT2D eigenvalue weighted by Gasteiger charge is 2.17. The van der Waals surface area contributed by atoms with Crippen molar-refractivity contribution < 1.29 is 9.53 Å². The van der Waals surface area contributed by atoms with E-state index in [1.807, 2.05) is 25.1 Å². The van der Waals surface area contributed by atoms with Gasteiger partial charge in [-0.25, -0.2) is 4.79 Å². The van der Waals surface area contributed by atoms with Gasteiger partial charge in [0.15, 0.2) is 0 Å². The van der Waals surface area contributed by atoms with Gasteiger partial charge in [-0.3, -0.25) is 10.2 Å². The largest absolute Gasteiger partial charge is 0.445 e. The highest BCUT2D eigenvalue weighted by molar-refractivity contribution is 5.85. The van der Waals surface area contributed by atoms with Crippen LogP contribution in [0.25, 0.3) is 0 Å². The van der Waals surface area contributed by atoms with Gasteiger partial charge in [0.1, 0.15) is 6.10 Å². The summed E-state index contributed by atoms with van der Waals surface area (Å²) in [6.45, 7) is 7.30. The molecule has 0 saturated carbocycles. The number of carbonyl (C=O) groups excluding carboxylic acids is 1. The van der Waals surface area contributed by atoms with Gasteiger partial charge in [0, 0.05) is 12.2 Å². The molecule has 1 N–H and O–H groups in total. The van der Waals surface area contributed by atoms with E-state index in [9.17, 15) is 4.79 Å². The summed E-state index contributed by atoms with van der Waals surface area (Å²) in [6.07, 6.45) is 12.1. The Labute approximate surface area is 165 Å². The van der Waals surface area contributed by atoms with Crippen LogP contribution in [0.5, 0.6) is 0 Å². The number of benzene rings is 1. The fraction of sp³-hybridized carbons (Fsp3) is 0.696.